The van der Waals surface area contributed by atoms with Gasteiger partial charge in [0.1, 0.15) is 0 Å². The van der Waals surface area contributed by atoms with Gasteiger partial charge in [0, 0.05) is 12.5 Å². The molecule has 2 saturated heterocycles. The van der Waals surface area contributed by atoms with Crippen LogP contribution in [0.3, 0.4) is 0 Å². The minimum atomic E-state index is 0.180. The lowest BCUT2D eigenvalue weighted by Gasteiger charge is -2.29. The summed E-state index contributed by atoms with van der Waals surface area (Å²) in [5.41, 5.74) is 0. The third-order valence-corrected chi connectivity index (χ3v) is 3.22. The van der Waals surface area contributed by atoms with Crippen molar-refractivity contribution in [3.8, 4) is 0 Å². The first kappa shape index (κ1) is 9.00. The van der Waals surface area contributed by atoms with Crippen LogP contribution in [0.5, 0.6) is 0 Å². The maximum atomic E-state index is 11.8. The van der Waals surface area contributed by atoms with E-state index < -0.39 is 0 Å². The monoisotopic (exact) mass is 183 g/mol. The predicted molar refractivity (Wildman–Crippen MR) is 49.3 cm³/mol. The van der Waals surface area contributed by atoms with Gasteiger partial charge in [-0.25, -0.2) is 0 Å². The van der Waals surface area contributed by atoms with Crippen LogP contribution in [0.15, 0.2) is 0 Å². The largest absolute Gasteiger partial charge is 0.374 e. The summed E-state index contributed by atoms with van der Waals surface area (Å²) >= 11 is 0. The highest BCUT2D eigenvalue weighted by Gasteiger charge is 2.41. The van der Waals surface area contributed by atoms with Gasteiger partial charge < -0.3 is 9.64 Å². The smallest absolute Gasteiger partial charge is 0.225 e. The fourth-order valence-corrected chi connectivity index (χ4v) is 2.13. The molecule has 2 heterocycles. The Morgan fingerprint density at radius 1 is 1.69 bits per heavy atom. The fourth-order valence-electron chi connectivity index (χ4n) is 2.13. The van der Waals surface area contributed by atoms with Gasteiger partial charge in [-0.1, -0.05) is 13.8 Å². The van der Waals surface area contributed by atoms with Crippen molar-refractivity contribution in [1.29, 1.82) is 0 Å². The van der Waals surface area contributed by atoms with Gasteiger partial charge in [0.05, 0.1) is 18.8 Å². The van der Waals surface area contributed by atoms with Crippen LogP contribution in [-0.2, 0) is 9.53 Å². The molecule has 2 bridgehead atoms. The normalized spacial score (nSPS) is 33.8. The molecule has 3 atom stereocenters. The lowest BCUT2D eigenvalue weighted by Crippen LogP contribution is -2.43. The Balaban J connectivity index is 1.98. The molecule has 13 heavy (non-hydrogen) atoms. The zero-order valence-corrected chi connectivity index (χ0v) is 8.32. The number of ether oxygens (including phenoxy) is 1. The summed E-state index contributed by atoms with van der Waals surface area (Å²) in [5.74, 6) is 0.498. The zero-order chi connectivity index (χ0) is 9.42. The standard InChI is InChI=1S/C10H17NO2/c1-3-7(2)10(12)11-5-9-4-8(11)6-13-9/h7-9H,3-6H2,1-2H3. The molecule has 2 aliphatic heterocycles. The van der Waals surface area contributed by atoms with Gasteiger partial charge in [0.25, 0.3) is 0 Å². The number of likely N-dealkylation sites (tertiary alicyclic amines) is 1. The first-order chi connectivity index (χ1) is 6.22. The second-order valence-electron chi connectivity index (χ2n) is 4.14. The molecule has 1 amide bonds. The molecule has 3 nitrogen and oxygen atoms in total. The van der Waals surface area contributed by atoms with Crippen LogP contribution in [0.1, 0.15) is 26.7 Å². The van der Waals surface area contributed by atoms with E-state index in [-0.39, 0.29) is 5.92 Å². The summed E-state index contributed by atoms with van der Waals surface area (Å²) in [7, 11) is 0. The number of fused-ring (bicyclic) bond motifs is 2. The van der Waals surface area contributed by atoms with Crippen LogP contribution in [0.2, 0.25) is 0 Å². The third kappa shape index (κ3) is 1.46. The average Bonchev–Trinajstić information content (AvgIpc) is 2.76. The lowest BCUT2D eigenvalue weighted by molar-refractivity contribution is -0.139. The highest BCUT2D eigenvalue weighted by molar-refractivity contribution is 5.79. The molecule has 2 aliphatic rings. The first-order valence-corrected chi connectivity index (χ1v) is 5.14. The van der Waals surface area contributed by atoms with E-state index in [1.807, 2.05) is 11.8 Å². The summed E-state index contributed by atoms with van der Waals surface area (Å²) in [6.45, 7) is 5.66. The number of rotatable bonds is 2. The van der Waals surface area contributed by atoms with Crippen LogP contribution in [0.25, 0.3) is 0 Å². The molecule has 0 aromatic rings. The Morgan fingerprint density at radius 2 is 2.46 bits per heavy atom. The van der Waals surface area contributed by atoms with E-state index in [0.717, 1.165) is 26.0 Å². The van der Waals surface area contributed by atoms with Gasteiger partial charge in [-0.05, 0) is 12.8 Å². The van der Waals surface area contributed by atoms with E-state index in [2.05, 4.69) is 6.92 Å². The van der Waals surface area contributed by atoms with E-state index >= 15 is 0 Å². The Bertz CT molecular complexity index is 217. The SMILES string of the molecule is CCC(C)C(=O)N1CC2CC1CO2. The molecular weight excluding hydrogens is 166 g/mol. The average molecular weight is 183 g/mol. The molecule has 0 radical (unpaired) electrons. The van der Waals surface area contributed by atoms with E-state index in [1.54, 1.807) is 0 Å². The third-order valence-electron chi connectivity index (χ3n) is 3.22. The first-order valence-electron chi connectivity index (χ1n) is 5.14. The second-order valence-corrected chi connectivity index (χ2v) is 4.14. The van der Waals surface area contributed by atoms with Gasteiger partial charge in [0.2, 0.25) is 5.91 Å². The Labute approximate surface area is 79.0 Å². The van der Waals surface area contributed by atoms with Crippen molar-refractivity contribution in [3.05, 3.63) is 0 Å². The molecule has 3 heteroatoms. The summed E-state index contributed by atoms with van der Waals surface area (Å²) < 4.78 is 5.45. The molecule has 2 rings (SSSR count). The highest BCUT2D eigenvalue weighted by Crippen LogP contribution is 2.29. The van der Waals surface area contributed by atoms with Crippen LogP contribution >= 0.6 is 0 Å². The van der Waals surface area contributed by atoms with Crippen molar-refractivity contribution in [1.82, 2.24) is 4.90 Å². The molecule has 0 aromatic heterocycles. The van der Waals surface area contributed by atoms with Crippen molar-refractivity contribution < 1.29 is 9.53 Å². The number of carbonyl (C=O) groups is 1. The molecule has 74 valence electrons. The number of carbonyl (C=O) groups excluding carboxylic acids is 1. The molecule has 0 spiro atoms. The fraction of sp³-hybridized carbons (Fsp3) is 0.900. The number of morpholine rings is 1. The Kier molecular flexibility index (Phi) is 2.28. The maximum absolute atomic E-state index is 11.8. The molecule has 0 aromatic carbocycles. The van der Waals surface area contributed by atoms with Crippen LogP contribution in [-0.4, -0.2) is 36.1 Å². The second kappa shape index (κ2) is 3.29. The Morgan fingerprint density at radius 3 is 2.92 bits per heavy atom. The zero-order valence-electron chi connectivity index (χ0n) is 8.32. The van der Waals surface area contributed by atoms with E-state index in [0.29, 0.717) is 18.1 Å². The lowest BCUT2D eigenvalue weighted by atomic mass is 10.1. The number of hydrogen-bond donors (Lipinski definition) is 0. The van der Waals surface area contributed by atoms with Crippen molar-refractivity contribution in [2.75, 3.05) is 13.2 Å². The Hall–Kier alpha value is -0.570. The van der Waals surface area contributed by atoms with Gasteiger partial charge >= 0.3 is 0 Å². The van der Waals surface area contributed by atoms with Crippen molar-refractivity contribution in [2.45, 2.75) is 38.8 Å². The molecule has 0 N–H and O–H groups in total. The quantitative estimate of drug-likeness (QED) is 0.640. The summed E-state index contributed by atoms with van der Waals surface area (Å²) in [6, 6.07) is 0.381. The number of hydrogen-bond acceptors (Lipinski definition) is 2. The molecular formula is C10H17NO2. The summed E-state index contributed by atoms with van der Waals surface area (Å²) in [5, 5.41) is 0. The van der Waals surface area contributed by atoms with Gasteiger partial charge in [-0.2, -0.15) is 0 Å². The highest BCUT2D eigenvalue weighted by atomic mass is 16.5. The van der Waals surface area contributed by atoms with E-state index in [9.17, 15) is 4.79 Å². The van der Waals surface area contributed by atoms with Gasteiger partial charge in [-0.15, -0.1) is 0 Å². The molecule has 2 fully saturated rings. The van der Waals surface area contributed by atoms with Gasteiger partial charge in [0.15, 0.2) is 0 Å². The van der Waals surface area contributed by atoms with E-state index in [1.165, 1.54) is 0 Å². The van der Waals surface area contributed by atoms with Crippen molar-refractivity contribution >= 4 is 5.91 Å². The van der Waals surface area contributed by atoms with Crippen LogP contribution < -0.4 is 0 Å². The summed E-state index contributed by atoms with van der Waals surface area (Å²) in [6.07, 6.45) is 2.33. The van der Waals surface area contributed by atoms with Gasteiger partial charge in [-0.3, -0.25) is 4.79 Å². The topological polar surface area (TPSA) is 29.5 Å². The number of amides is 1. The van der Waals surface area contributed by atoms with Crippen LogP contribution in [0.4, 0.5) is 0 Å². The van der Waals surface area contributed by atoms with Crippen molar-refractivity contribution in [3.63, 3.8) is 0 Å². The molecule has 0 saturated carbocycles. The van der Waals surface area contributed by atoms with Crippen LogP contribution in [0, 0.1) is 5.92 Å². The molecule has 3 unspecified atom stereocenters. The minimum Gasteiger partial charge on any atom is -0.374 e. The predicted octanol–water partition coefficient (Wildman–Crippen LogP) is 1.03. The number of nitrogens with zero attached hydrogens (tertiary/aromatic N) is 1. The molecule has 0 aliphatic carbocycles. The summed E-state index contributed by atoms with van der Waals surface area (Å²) in [4.78, 5) is 13.9. The maximum Gasteiger partial charge on any atom is 0.225 e. The van der Waals surface area contributed by atoms with Crippen molar-refractivity contribution in [2.24, 2.45) is 5.92 Å². The van der Waals surface area contributed by atoms with E-state index in [4.69, 9.17) is 4.74 Å². The minimum absolute atomic E-state index is 0.180.